The molecule has 1 aromatic heterocycles. The van der Waals surface area contributed by atoms with Gasteiger partial charge in [-0.15, -0.1) is 0 Å². The van der Waals surface area contributed by atoms with Gasteiger partial charge in [0.15, 0.2) is 5.82 Å². The molecular weight excluding hydrogens is 268 g/mol. The molecule has 1 aromatic carbocycles. The van der Waals surface area contributed by atoms with Gasteiger partial charge >= 0.3 is 0 Å². The molecule has 0 aliphatic carbocycles. The minimum absolute atomic E-state index is 0.153. The second-order valence-electron chi connectivity index (χ2n) is 3.96. The highest BCUT2D eigenvalue weighted by molar-refractivity contribution is 6.31. The predicted molar refractivity (Wildman–Crippen MR) is 70.8 cm³/mol. The van der Waals surface area contributed by atoms with Crippen molar-refractivity contribution in [2.24, 2.45) is 0 Å². The summed E-state index contributed by atoms with van der Waals surface area (Å²) in [5, 5.41) is 9.90. The molecule has 2 aromatic rings. The number of halogens is 1. The minimum atomic E-state index is -0.158. The van der Waals surface area contributed by atoms with Crippen LogP contribution in [-0.4, -0.2) is 22.6 Å². The number of anilines is 1. The first-order valence-corrected chi connectivity index (χ1v) is 6.05. The fourth-order valence-electron chi connectivity index (χ4n) is 1.48. The van der Waals surface area contributed by atoms with Crippen molar-refractivity contribution in [2.45, 2.75) is 13.5 Å². The standard InChI is InChI=1S/C12H13ClN4O2/c1-8-2-3-9(13)4-10(8)16-12(18)6-14-5-11-15-7-19-17-11/h2-4,7,14H,5-6H2,1H3,(H,16,18). The molecule has 0 saturated carbocycles. The van der Waals surface area contributed by atoms with Gasteiger partial charge in [0.2, 0.25) is 12.3 Å². The number of hydrogen-bond acceptors (Lipinski definition) is 5. The normalized spacial score (nSPS) is 10.4. The van der Waals surface area contributed by atoms with Crippen LogP contribution in [0.15, 0.2) is 29.1 Å². The molecule has 2 rings (SSSR count). The summed E-state index contributed by atoms with van der Waals surface area (Å²) < 4.78 is 4.58. The maximum absolute atomic E-state index is 11.7. The summed E-state index contributed by atoms with van der Waals surface area (Å²) in [6.07, 6.45) is 1.24. The largest absolute Gasteiger partial charge is 0.343 e. The molecule has 0 aliphatic rings. The Balaban J connectivity index is 1.82. The molecule has 0 atom stereocenters. The van der Waals surface area contributed by atoms with Gasteiger partial charge in [-0.3, -0.25) is 4.79 Å². The number of nitrogens with one attached hydrogen (secondary N) is 2. The van der Waals surface area contributed by atoms with E-state index in [9.17, 15) is 4.79 Å². The topological polar surface area (TPSA) is 80.0 Å². The maximum atomic E-state index is 11.7. The van der Waals surface area contributed by atoms with Crippen LogP contribution in [0.1, 0.15) is 11.4 Å². The van der Waals surface area contributed by atoms with Crippen molar-refractivity contribution in [2.75, 3.05) is 11.9 Å². The second-order valence-corrected chi connectivity index (χ2v) is 4.39. The van der Waals surface area contributed by atoms with E-state index in [-0.39, 0.29) is 12.5 Å². The predicted octanol–water partition coefficient (Wildman–Crippen LogP) is 1.76. The molecule has 1 heterocycles. The maximum Gasteiger partial charge on any atom is 0.238 e. The number of carbonyl (C=O) groups excluding carboxylic acids is 1. The second kappa shape index (κ2) is 6.31. The van der Waals surface area contributed by atoms with Crippen LogP contribution in [0.5, 0.6) is 0 Å². The van der Waals surface area contributed by atoms with E-state index in [0.29, 0.717) is 23.1 Å². The lowest BCUT2D eigenvalue weighted by Crippen LogP contribution is -2.28. The van der Waals surface area contributed by atoms with Gasteiger partial charge in [-0.25, -0.2) is 0 Å². The van der Waals surface area contributed by atoms with Gasteiger partial charge < -0.3 is 15.2 Å². The zero-order valence-corrected chi connectivity index (χ0v) is 11.1. The van der Waals surface area contributed by atoms with Gasteiger partial charge in [0.05, 0.1) is 13.1 Å². The number of carbonyl (C=O) groups is 1. The summed E-state index contributed by atoms with van der Waals surface area (Å²) in [7, 11) is 0. The Labute approximate surface area is 115 Å². The zero-order valence-electron chi connectivity index (χ0n) is 10.3. The molecule has 2 N–H and O–H groups in total. The summed E-state index contributed by atoms with van der Waals surface area (Å²) >= 11 is 5.88. The van der Waals surface area contributed by atoms with Crippen molar-refractivity contribution < 1.29 is 9.32 Å². The lowest BCUT2D eigenvalue weighted by atomic mass is 10.2. The molecule has 0 radical (unpaired) electrons. The van der Waals surface area contributed by atoms with Crippen LogP contribution in [0, 0.1) is 6.92 Å². The monoisotopic (exact) mass is 280 g/mol. The molecule has 0 aliphatic heterocycles. The molecule has 0 fully saturated rings. The molecule has 0 spiro atoms. The molecular formula is C12H13ClN4O2. The Morgan fingerprint density at radius 1 is 1.47 bits per heavy atom. The number of aromatic nitrogens is 2. The lowest BCUT2D eigenvalue weighted by molar-refractivity contribution is -0.115. The van der Waals surface area contributed by atoms with E-state index in [4.69, 9.17) is 11.6 Å². The van der Waals surface area contributed by atoms with Crippen LogP contribution in [0.25, 0.3) is 0 Å². The van der Waals surface area contributed by atoms with Crippen molar-refractivity contribution in [1.29, 1.82) is 0 Å². The van der Waals surface area contributed by atoms with Gasteiger partial charge in [-0.2, -0.15) is 4.98 Å². The first kappa shape index (κ1) is 13.5. The van der Waals surface area contributed by atoms with Crippen LogP contribution >= 0.6 is 11.6 Å². The van der Waals surface area contributed by atoms with Gasteiger partial charge in [0.1, 0.15) is 0 Å². The molecule has 7 heteroatoms. The van der Waals surface area contributed by atoms with Crippen LogP contribution < -0.4 is 10.6 Å². The first-order chi connectivity index (χ1) is 9.15. The van der Waals surface area contributed by atoms with E-state index >= 15 is 0 Å². The Hall–Kier alpha value is -1.92. The Kier molecular flexibility index (Phi) is 4.48. The van der Waals surface area contributed by atoms with Crippen molar-refractivity contribution >= 4 is 23.2 Å². The number of nitrogens with zero attached hydrogens (tertiary/aromatic N) is 2. The smallest absolute Gasteiger partial charge is 0.238 e. The fourth-order valence-corrected chi connectivity index (χ4v) is 1.65. The number of hydrogen-bond donors (Lipinski definition) is 2. The summed E-state index contributed by atoms with van der Waals surface area (Å²) in [4.78, 5) is 15.6. The Morgan fingerprint density at radius 2 is 2.32 bits per heavy atom. The third-order valence-electron chi connectivity index (χ3n) is 2.45. The van der Waals surface area contributed by atoms with Crippen LogP contribution in [-0.2, 0) is 11.3 Å². The fraction of sp³-hybridized carbons (Fsp3) is 0.250. The first-order valence-electron chi connectivity index (χ1n) is 5.67. The third kappa shape index (κ3) is 4.04. The number of aryl methyl sites for hydroxylation is 1. The molecule has 0 unspecified atom stereocenters. The van der Waals surface area contributed by atoms with E-state index in [1.165, 1.54) is 6.39 Å². The molecule has 19 heavy (non-hydrogen) atoms. The summed E-state index contributed by atoms with van der Waals surface area (Å²) in [6.45, 7) is 2.43. The van der Waals surface area contributed by atoms with E-state index < -0.39 is 0 Å². The average Bonchev–Trinajstić information content (AvgIpc) is 2.87. The summed E-state index contributed by atoms with van der Waals surface area (Å²) in [6, 6.07) is 5.35. The van der Waals surface area contributed by atoms with Gasteiger partial charge in [-0.1, -0.05) is 22.8 Å². The van der Waals surface area contributed by atoms with E-state index in [0.717, 1.165) is 5.56 Å². The highest BCUT2D eigenvalue weighted by Crippen LogP contribution is 2.19. The van der Waals surface area contributed by atoms with Crippen molar-refractivity contribution in [3.05, 3.63) is 41.0 Å². The van der Waals surface area contributed by atoms with Gasteiger partial charge in [0.25, 0.3) is 0 Å². The molecule has 0 bridgehead atoms. The van der Waals surface area contributed by atoms with Crippen LogP contribution in [0.2, 0.25) is 5.02 Å². The third-order valence-corrected chi connectivity index (χ3v) is 2.68. The lowest BCUT2D eigenvalue weighted by Gasteiger charge is -2.08. The SMILES string of the molecule is Cc1ccc(Cl)cc1NC(=O)CNCc1ncon1. The quantitative estimate of drug-likeness (QED) is 0.872. The minimum Gasteiger partial charge on any atom is -0.343 e. The Morgan fingerprint density at radius 3 is 3.05 bits per heavy atom. The molecule has 6 nitrogen and oxygen atoms in total. The molecule has 100 valence electrons. The van der Waals surface area contributed by atoms with E-state index in [1.807, 2.05) is 13.0 Å². The van der Waals surface area contributed by atoms with E-state index in [1.54, 1.807) is 12.1 Å². The highest BCUT2D eigenvalue weighted by atomic mass is 35.5. The van der Waals surface area contributed by atoms with Crippen LogP contribution in [0.3, 0.4) is 0 Å². The van der Waals surface area contributed by atoms with Gasteiger partial charge in [0, 0.05) is 10.7 Å². The summed E-state index contributed by atoms with van der Waals surface area (Å²) in [5.41, 5.74) is 1.66. The number of rotatable bonds is 5. The molecule has 0 saturated heterocycles. The van der Waals surface area contributed by atoms with Gasteiger partial charge in [-0.05, 0) is 24.6 Å². The highest BCUT2D eigenvalue weighted by Gasteiger charge is 2.06. The van der Waals surface area contributed by atoms with Crippen LogP contribution in [0.4, 0.5) is 5.69 Å². The van der Waals surface area contributed by atoms with Crippen molar-refractivity contribution in [3.63, 3.8) is 0 Å². The Bertz CT molecular complexity index is 557. The van der Waals surface area contributed by atoms with Crippen molar-refractivity contribution in [3.8, 4) is 0 Å². The van der Waals surface area contributed by atoms with Crippen molar-refractivity contribution in [1.82, 2.24) is 15.5 Å². The van der Waals surface area contributed by atoms with E-state index in [2.05, 4.69) is 25.3 Å². The molecule has 1 amide bonds. The summed E-state index contributed by atoms with van der Waals surface area (Å²) in [5.74, 6) is 0.348. The number of amides is 1. The number of benzene rings is 1. The average molecular weight is 281 g/mol. The zero-order chi connectivity index (χ0) is 13.7.